The second kappa shape index (κ2) is 10.7. The first-order valence-corrected chi connectivity index (χ1v) is 11.7. The van der Waals surface area contributed by atoms with Gasteiger partial charge in [-0.2, -0.15) is 0 Å². The topological polar surface area (TPSA) is 44.8 Å². The fraction of sp³-hybridized carbons (Fsp3) is 0.435. The molecule has 0 aliphatic carbocycles. The zero-order valence-electron chi connectivity index (χ0n) is 17.4. The third-order valence-electron chi connectivity index (χ3n) is 4.64. The smallest absolute Gasteiger partial charge is 0.261 e. The Bertz CT molecular complexity index is 671. The van der Waals surface area contributed by atoms with Gasteiger partial charge in [-0.05, 0) is 22.3 Å². The third-order valence-corrected chi connectivity index (χ3v) is 9.68. The van der Waals surface area contributed by atoms with Gasteiger partial charge in [-0.3, -0.25) is 4.79 Å². The molecular weight excluding hydrogens is 368 g/mol. The van der Waals surface area contributed by atoms with E-state index in [4.69, 9.17) is 13.9 Å². The van der Waals surface area contributed by atoms with Crippen molar-refractivity contribution >= 4 is 24.5 Å². The van der Waals surface area contributed by atoms with E-state index in [1.807, 2.05) is 12.1 Å². The molecule has 2 rings (SSSR count). The van der Waals surface area contributed by atoms with Gasteiger partial charge in [0.2, 0.25) is 0 Å². The molecular formula is C23H32O4Si. The zero-order chi connectivity index (χ0) is 20.5. The lowest BCUT2D eigenvalue weighted by atomic mass is 10.2. The van der Waals surface area contributed by atoms with Crippen molar-refractivity contribution in [2.24, 2.45) is 0 Å². The highest BCUT2D eigenvalue weighted by molar-refractivity contribution is 6.99. The maximum Gasteiger partial charge on any atom is 0.261 e. The van der Waals surface area contributed by atoms with Gasteiger partial charge in [0.25, 0.3) is 8.32 Å². The van der Waals surface area contributed by atoms with Gasteiger partial charge in [0.1, 0.15) is 6.61 Å². The van der Waals surface area contributed by atoms with Crippen molar-refractivity contribution in [2.45, 2.75) is 32.7 Å². The van der Waals surface area contributed by atoms with Crippen LogP contribution in [0.3, 0.4) is 0 Å². The van der Waals surface area contributed by atoms with E-state index in [-0.39, 0.29) is 17.4 Å². The van der Waals surface area contributed by atoms with Crippen LogP contribution in [0.2, 0.25) is 5.04 Å². The van der Waals surface area contributed by atoms with Crippen LogP contribution in [0.25, 0.3) is 0 Å². The van der Waals surface area contributed by atoms with Crippen molar-refractivity contribution in [1.29, 1.82) is 0 Å². The highest BCUT2D eigenvalue weighted by atomic mass is 28.4. The monoisotopic (exact) mass is 400 g/mol. The van der Waals surface area contributed by atoms with Gasteiger partial charge >= 0.3 is 0 Å². The predicted molar refractivity (Wildman–Crippen MR) is 116 cm³/mol. The van der Waals surface area contributed by atoms with Crippen LogP contribution in [0.15, 0.2) is 60.7 Å². The molecule has 0 saturated heterocycles. The number of hydrogen-bond acceptors (Lipinski definition) is 4. The minimum atomic E-state index is -2.50. The summed E-state index contributed by atoms with van der Waals surface area (Å²) in [4.78, 5) is 10.9. The standard InChI is InChI=1S/C23H32O4Si/c1-20(24)19-26-16-15-25-17-18-27-28(23(2,3)4,21-11-7-5-8-12-21)22-13-9-6-10-14-22/h5-14H,15-19H2,1-4H3. The summed E-state index contributed by atoms with van der Waals surface area (Å²) in [5, 5.41) is 2.48. The summed E-state index contributed by atoms with van der Waals surface area (Å²) in [5.41, 5.74) is 0. The average molecular weight is 401 g/mol. The Hall–Kier alpha value is -1.79. The molecule has 0 spiro atoms. The summed E-state index contributed by atoms with van der Waals surface area (Å²) >= 11 is 0. The number of hydrogen-bond donors (Lipinski definition) is 0. The largest absolute Gasteiger partial charge is 0.405 e. The van der Waals surface area contributed by atoms with E-state index in [1.54, 1.807) is 0 Å². The molecule has 0 saturated carbocycles. The van der Waals surface area contributed by atoms with Crippen molar-refractivity contribution in [3.8, 4) is 0 Å². The molecule has 0 heterocycles. The summed E-state index contributed by atoms with van der Waals surface area (Å²) in [6.45, 7) is 10.3. The van der Waals surface area contributed by atoms with E-state index in [0.717, 1.165) is 0 Å². The molecule has 2 aromatic rings. The van der Waals surface area contributed by atoms with Crippen LogP contribution in [0.5, 0.6) is 0 Å². The molecule has 0 aliphatic heterocycles. The number of carbonyl (C=O) groups is 1. The molecule has 0 bridgehead atoms. The van der Waals surface area contributed by atoms with Gasteiger partial charge in [-0.25, -0.2) is 0 Å². The summed E-state index contributed by atoms with van der Waals surface area (Å²) in [6, 6.07) is 21.1. The molecule has 5 heteroatoms. The maximum atomic E-state index is 10.9. The number of carbonyl (C=O) groups excluding carboxylic acids is 1. The molecule has 0 atom stereocenters. The fourth-order valence-electron chi connectivity index (χ4n) is 3.45. The predicted octanol–water partition coefficient (Wildman–Crippen LogP) is 3.19. The van der Waals surface area contributed by atoms with Gasteiger partial charge in [-0.15, -0.1) is 0 Å². The summed E-state index contributed by atoms with van der Waals surface area (Å²) in [7, 11) is -2.50. The van der Waals surface area contributed by atoms with E-state index in [2.05, 4.69) is 69.3 Å². The van der Waals surface area contributed by atoms with Crippen molar-refractivity contribution in [1.82, 2.24) is 0 Å². The zero-order valence-corrected chi connectivity index (χ0v) is 18.4. The van der Waals surface area contributed by atoms with Gasteiger partial charge < -0.3 is 13.9 Å². The van der Waals surface area contributed by atoms with Crippen LogP contribution in [0, 0.1) is 0 Å². The van der Waals surface area contributed by atoms with Crippen LogP contribution in [0.4, 0.5) is 0 Å². The van der Waals surface area contributed by atoms with Crippen molar-refractivity contribution in [3.63, 3.8) is 0 Å². The van der Waals surface area contributed by atoms with Gasteiger partial charge in [0.05, 0.1) is 26.4 Å². The lowest BCUT2D eigenvalue weighted by molar-refractivity contribution is -0.122. The first-order chi connectivity index (χ1) is 13.4. The van der Waals surface area contributed by atoms with Crippen LogP contribution in [-0.2, 0) is 18.7 Å². The van der Waals surface area contributed by atoms with E-state index < -0.39 is 8.32 Å². The second-order valence-corrected chi connectivity index (χ2v) is 12.2. The third kappa shape index (κ3) is 5.85. The van der Waals surface area contributed by atoms with E-state index in [9.17, 15) is 4.79 Å². The van der Waals surface area contributed by atoms with Crippen molar-refractivity contribution < 1.29 is 18.7 Å². The first-order valence-electron chi connectivity index (χ1n) is 9.78. The molecule has 4 nitrogen and oxygen atoms in total. The Morgan fingerprint density at radius 1 is 0.786 bits per heavy atom. The second-order valence-electron chi connectivity index (χ2n) is 7.88. The Labute approximate surface area is 170 Å². The Balaban J connectivity index is 2.11. The molecule has 0 fully saturated rings. The molecule has 0 unspecified atom stereocenters. The highest BCUT2D eigenvalue weighted by Gasteiger charge is 2.49. The van der Waals surface area contributed by atoms with Crippen LogP contribution < -0.4 is 10.4 Å². The number of Topliss-reactive ketones (excluding diaryl/α,β-unsaturated/α-hetero) is 1. The molecule has 28 heavy (non-hydrogen) atoms. The molecule has 0 aromatic heterocycles. The number of ketones is 1. The first kappa shape index (κ1) is 22.5. The minimum Gasteiger partial charge on any atom is -0.405 e. The normalized spacial score (nSPS) is 12.1. The Morgan fingerprint density at radius 3 is 1.71 bits per heavy atom. The van der Waals surface area contributed by atoms with E-state index >= 15 is 0 Å². The number of rotatable bonds is 11. The summed E-state index contributed by atoms with van der Waals surface area (Å²) < 4.78 is 17.6. The maximum absolute atomic E-state index is 10.9. The number of benzene rings is 2. The lowest BCUT2D eigenvalue weighted by Crippen LogP contribution is -2.66. The minimum absolute atomic E-state index is 0.0232. The molecule has 0 radical (unpaired) electrons. The van der Waals surface area contributed by atoms with Crippen LogP contribution >= 0.6 is 0 Å². The van der Waals surface area contributed by atoms with E-state index in [1.165, 1.54) is 17.3 Å². The SMILES string of the molecule is CC(=O)COCCOCCO[Si](c1ccccc1)(c1ccccc1)C(C)(C)C. The summed E-state index contributed by atoms with van der Waals surface area (Å²) in [5.74, 6) is 0.0232. The van der Waals surface area contributed by atoms with E-state index in [0.29, 0.717) is 26.4 Å². The summed E-state index contributed by atoms with van der Waals surface area (Å²) in [6.07, 6.45) is 0. The highest BCUT2D eigenvalue weighted by Crippen LogP contribution is 2.36. The molecule has 152 valence electrons. The quantitative estimate of drug-likeness (QED) is 0.429. The van der Waals surface area contributed by atoms with Gasteiger partial charge in [0.15, 0.2) is 5.78 Å². The van der Waals surface area contributed by atoms with Crippen molar-refractivity contribution in [3.05, 3.63) is 60.7 Å². The Morgan fingerprint density at radius 2 is 1.25 bits per heavy atom. The van der Waals surface area contributed by atoms with Crippen molar-refractivity contribution in [2.75, 3.05) is 33.0 Å². The average Bonchev–Trinajstić information content (AvgIpc) is 2.67. The molecule has 0 amide bonds. The molecule has 2 aromatic carbocycles. The fourth-order valence-corrected chi connectivity index (χ4v) is 8.00. The van der Waals surface area contributed by atoms with Gasteiger partial charge in [0, 0.05) is 0 Å². The van der Waals surface area contributed by atoms with Crippen LogP contribution in [0.1, 0.15) is 27.7 Å². The Kier molecular flexibility index (Phi) is 8.57. The molecule has 0 N–H and O–H groups in total. The molecule has 0 aliphatic rings. The van der Waals surface area contributed by atoms with Gasteiger partial charge in [-0.1, -0.05) is 81.4 Å². The lowest BCUT2D eigenvalue weighted by Gasteiger charge is -2.43. The number of ether oxygens (including phenoxy) is 2. The van der Waals surface area contributed by atoms with Crippen LogP contribution in [-0.4, -0.2) is 47.1 Å².